The molecule has 20 heavy (non-hydrogen) atoms. The lowest BCUT2D eigenvalue weighted by Crippen LogP contribution is -2.31. The molecule has 4 nitrogen and oxygen atoms in total. The molecule has 0 fully saturated rings. The smallest absolute Gasteiger partial charge is 0.260 e. The van der Waals surface area contributed by atoms with Gasteiger partial charge >= 0.3 is 0 Å². The number of rotatable bonds is 3. The maximum Gasteiger partial charge on any atom is 0.260 e. The van der Waals surface area contributed by atoms with Crippen molar-refractivity contribution >= 4 is 5.91 Å². The van der Waals surface area contributed by atoms with Crippen LogP contribution in [0.25, 0.3) is 0 Å². The van der Waals surface area contributed by atoms with E-state index in [0.29, 0.717) is 0 Å². The lowest BCUT2D eigenvalue weighted by molar-refractivity contribution is 0.0938. The monoisotopic (exact) mass is 278 g/mol. The van der Waals surface area contributed by atoms with Crippen LogP contribution in [0.15, 0.2) is 41.3 Å². The Morgan fingerprint density at radius 3 is 2.70 bits per heavy atom. The molecule has 1 atom stereocenters. The summed E-state index contributed by atoms with van der Waals surface area (Å²) in [5.74, 6) is -2.06. The quantitative estimate of drug-likeness (QED) is 0.903. The number of H-pyrrole nitrogens is 1. The fourth-order valence-electron chi connectivity index (χ4n) is 1.81. The minimum absolute atomic E-state index is 0.0677. The highest BCUT2D eigenvalue weighted by molar-refractivity contribution is 5.93. The highest BCUT2D eigenvalue weighted by Crippen LogP contribution is 2.17. The molecule has 0 aliphatic heterocycles. The number of carbonyl (C=O) groups is 1. The summed E-state index contributed by atoms with van der Waals surface area (Å²) in [6.45, 7) is 1.55. The molecule has 0 aliphatic carbocycles. The molecule has 1 unspecified atom stereocenters. The Morgan fingerprint density at radius 2 is 2.05 bits per heavy atom. The Morgan fingerprint density at radius 1 is 1.30 bits per heavy atom. The van der Waals surface area contributed by atoms with Gasteiger partial charge in [0.15, 0.2) is 0 Å². The van der Waals surface area contributed by atoms with Crippen molar-refractivity contribution in [1.82, 2.24) is 10.3 Å². The van der Waals surface area contributed by atoms with E-state index in [2.05, 4.69) is 10.3 Å². The molecule has 1 amide bonds. The van der Waals surface area contributed by atoms with Gasteiger partial charge in [-0.15, -0.1) is 0 Å². The first kappa shape index (κ1) is 13.9. The first-order valence-corrected chi connectivity index (χ1v) is 5.92. The van der Waals surface area contributed by atoms with Gasteiger partial charge in [-0.05, 0) is 25.1 Å². The molecule has 2 rings (SSSR count). The van der Waals surface area contributed by atoms with E-state index in [-0.39, 0.29) is 11.1 Å². The van der Waals surface area contributed by atoms with E-state index in [1.807, 2.05) is 0 Å². The SMILES string of the molecule is CC(NC(=O)c1ccc[nH]c1=O)c1ccc(F)cc1F. The minimum Gasteiger partial charge on any atom is -0.345 e. The van der Waals surface area contributed by atoms with E-state index in [1.165, 1.54) is 24.4 Å². The van der Waals surface area contributed by atoms with Crippen LogP contribution >= 0.6 is 0 Å². The second kappa shape index (κ2) is 5.64. The third kappa shape index (κ3) is 2.90. The summed E-state index contributed by atoms with van der Waals surface area (Å²) in [7, 11) is 0. The summed E-state index contributed by atoms with van der Waals surface area (Å²) >= 11 is 0. The van der Waals surface area contributed by atoms with Crippen LogP contribution < -0.4 is 10.9 Å². The Hall–Kier alpha value is -2.50. The van der Waals surface area contributed by atoms with Crippen molar-refractivity contribution in [3.05, 3.63) is 69.6 Å². The van der Waals surface area contributed by atoms with Gasteiger partial charge in [0.05, 0.1) is 6.04 Å². The van der Waals surface area contributed by atoms with E-state index < -0.39 is 29.1 Å². The van der Waals surface area contributed by atoms with Gasteiger partial charge in [-0.25, -0.2) is 8.78 Å². The molecular weight excluding hydrogens is 266 g/mol. The molecule has 1 aromatic heterocycles. The van der Waals surface area contributed by atoms with Gasteiger partial charge in [-0.3, -0.25) is 9.59 Å². The van der Waals surface area contributed by atoms with Gasteiger partial charge in [0.25, 0.3) is 11.5 Å². The number of hydrogen-bond donors (Lipinski definition) is 2. The van der Waals surface area contributed by atoms with Crippen LogP contribution in [-0.4, -0.2) is 10.9 Å². The molecule has 1 aromatic carbocycles. The van der Waals surface area contributed by atoms with Crippen molar-refractivity contribution in [1.29, 1.82) is 0 Å². The molecule has 0 spiro atoms. The number of aromatic amines is 1. The van der Waals surface area contributed by atoms with E-state index in [1.54, 1.807) is 6.92 Å². The van der Waals surface area contributed by atoms with Crippen molar-refractivity contribution in [3.8, 4) is 0 Å². The average molecular weight is 278 g/mol. The maximum atomic E-state index is 13.6. The zero-order chi connectivity index (χ0) is 14.7. The largest absolute Gasteiger partial charge is 0.345 e. The summed E-state index contributed by atoms with van der Waals surface area (Å²) in [6.07, 6.45) is 1.40. The third-order valence-electron chi connectivity index (χ3n) is 2.84. The Kier molecular flexibility index (Phi) is 3.93. The summed E-state index contributed by atoms with van der Waals surface area (Å²) in [4.78, 5) is 25.7. The van der Waals surface area contributed by atoms with Crippen molar-refractivity contribution < 1.29 is 13.6 Å². The van der Waals surface area contributed by atoms with Crippen molar-refractivity contribution in [3.63, 3.8) is 0 Å². The van der Waals surface area contributed by atoms with Crippen LogP contribution in [0.2, 0.25) is 0 Å². The summed E-state index contributed by atoms with van der Waals surface area (Å²) in [5.41, 5.74) is -0.453. The normalized spacial score (nSPS) is 11.9. The fourth-order valence-corrected chi connectivity index (χ4v) is 1.81. The molecular formula is C14H12F2N2O2. The predicted octanol–water partition coefficient (Wildman–Crippen LogP) is 2.14. The number of aromatic nitrogens is 1. The van der Waals surface area contributed by atoms with Crippen LogP contribution in [0.5, 0.6) is 0 Å². The lowest BCUT2D eigenvalue weighted by atomic mass is 10.1. The van der Waals surface area contributed by atoms with E-state index in [9.17, 15) is 18.4 Å². The van der Waals surface area contributed by atoms with Crippen molar-refractivity contribution in [2.75, 3.05) is 0 Å². The Labute approximate surface area is 113 Å². The van der Waals surface area contributed by atoms with Crippen LogP contribution in [0.3, 0.4) is 0 Å². The topological polar surface area (TPSA) is 62.0 Å². The Bertz CT molecular complexity index is 698. The second-order valence-electron chi connectivity index (χ2n) is 4.27. The number of hydrogen-bond acceptors (Lipinski definition) is 2. The molecule has 0 saturated heterocycles. The summed E-state index contributed by atoms with van der Waals surface area (Å²) in [5, 5.41) is 2.49. The lowest BCUT2D eigenvalue weighted by Gasteiger charge is -2.14. The molecule has 0 radical (unpaired) electrons. The number of amides is 1. The van der Waals surface area contributed by atoms with Gasteiger partial charge in [0, 0.05) is 17.8 Å². The highest BCUT2D eigenvalue weighted by Gasteiger charge is 2.16. The fraction of sp³-hybridized carbons (Fsp3) is 0.143. The van der Waals surface area contributed by atoms with Crippen LogP contribution in [0.1, 0.15) is 28.9 Å². The van der Waals surface area contributed by atoms with Gasteiger partial charge in [-0.2, -0.15) is 0 Å². The summed E-state index contributed by atoms with van der Waals surface area (Å²) in [6, 6.07) is 5.29. The molecule has 0 aliphatic rings. The molecule has 6 heteroatoms. The van der Waals surface area contributed by atoms with Crippen LogP contribution in [0, 0.1) is 11.6 Å². The molecule has 104 valence electrons. The minimum atomic E-state index is -0.750. The van der Waals surface area contributed by atoms with Gasteiger partial charge in [0.2, 0.25) is 0 Å². The van der Waals surface area contributed by atoms with Crippen molar-refractivity contribution in [2.45, 2.75) is 13.0 Å². The van der Waals surface area contributed by atoms with E-state index in [4.69, 9.17) is 0 Å². The second-order valence-corrected chi connectivity index (χ2v) is 4.27. The molecule has 2 N–H and O–H groups in total. The van der Waals surface area contributed by atoms with Gasteiger partial charge < -0.3 is 10.3 Å². The number of benzene rings is 1. The Balaban J connectivity index is 2.20. The first-order chi connectivity index (χ1) is 9.49. The summed E-state index contributed by atoms with van der Waals surface area (Å²) < 4.78 is 26.4. The van der Waals surface area contributed by atoms with Gasteiger partial charge in [-0.1, -0.05) is 6.07 Å². The third-order valence-corrected chi connectivity index (χ3v) is 2.84. The molecule has 0 bridgehead atoms. The average Bonchev–Trinajstić information content (AvgIpc) is 2.38. The van der Waals surface area contributed by atoms with Crippen LogP contribution in [0.4, 0.5) is 8.78 Å². The van der Waals surface area contributed by atoms with E-state index >= 15 is 0 Å². The van der Waals surface area contributed by atoms with Gasteiger partial charge in [0.1, 0.15) is 17.2 Å². The molecule has 0 saturated carbocycles. The number of carbonyl (C=O) groups excluding carboxylic acids is 1. The zero-order valence-corrected chi connectivity index (χ0v) is 10.6. The zero-order valence-electron chi connectivity index (χ0n) is 10.6. The van der Waals surface area contributed by atoms with Crippen LogP contribution in [-0.2, 0) is 0 Å². The number of halogens is 2. The highest BCUT2D eigenvalue weighted by atomic mass is 19.1. The van der Waals surface area contributed by atoms with E-state index in [0.717, 1.165) is 12.1 Å². The maximum absolute atomic E-state index is 13.6. The standard InChI is InChI=1S/C14H12F2N2O2/c1-8(10-5-4-9(15)7-12(10)16)18-14(20)11-3-2-6-17-13(11)19/h2-8H,1H3,(H,17,19)(H,18,20). The molecule has 2 aromatic rings. The number of nitrogens with one attached hydrogen (secondary N) is 2. The van der Waals surface area contributed by atoms with Crippen molar-refractivity contribution in [2.24, 2.45) is 0 Å². The predicted molar refractivity (Wildman–Crippen MR) is 69.3 cm³/mol. The first-order valence-electron chi connectivity index (χ1n) is 5.92. The number of pyridine rings is 1. The molecule has 1 heterocycles.